The van der Waals surface area contributed by atoms with E-state index in [1.807, 2.05) is 11.1 Å². The summed E-state index contributed by atoms with van der Waals surface area (Å²) in [6.07, 6.45) is 4.82. The molecule has 11 heteroatoms. The van der Waals surface area contributed by atoms with Crippen LogP contribution in [0.1, 0.15) is 80.5 Å². The number of methoxy groups -OCH3 is 2. The quantitative estimate of drug-likeness (QED) is 0.247. The highest BCUT2D eigenvalue weighted by Gasteiger charge is 2.40. The number of fused-ring (bicyclic) bond motifs is 4. The second-order valence-corrected chi connectivity index (χ2v) is 15.6. The Kier molecular flexibility index (Phi) is 9.65. The number of nitrogens with one attached hydrogen (secondary N) is 1. The molecule has 0 spiro atoms. The van der Waals surface area contributed by atoms with E-state index in [0.717, 1.165) is 36.8 Å². The predicted molar refractivity (Wildman–Crippen MR) is 193 cm³/mol. The number of anilines is 1. The van der Waals surface area contributed by atoms with Crippen LogP contribution in [0.15, 0.2) is 53.6 Å². The predicted octanol–water partition coefficient (Wildman–Crippen LogP) is 6.39. The zero-order valence-electron chi connectivity index (χ0n) is 30.1. The van der Waals surface area contributed by atoms with Crippen molar-refractivity contribution in [3.8, 4) is 23.0 Å². The van der Waals surface area contributed by atoms with Gasteiger partial charge in [-0.15, -0.1) is 0 Å². The van der Waals surface area contributed by atoms with Crippen molar-refractivity contribution in [2.45, 2.75) is 78.1 Å². The zero-order chi connectivity index (χ0) is 36.0. The van der Waals surface area contributed by atoms with Crippen molar-refractivity contribution < 1.29 is 33.6 Å². The molecule has 2 aromatic rings. The molecular formula is C39H50N4O7. The van der Waals surface area contributed by atoms with E-state index in [1.165, 1.54) is 0 Å². The van der Waals surface area contributed by atoms with Crippen LogP contribution in [0.3, 0.4) is 0 Å². The molecule has 11 nitrogen and oxygen atoms in total. The maximum atomic E-state index is 13.4. The van der Waals surface area contributed by atoms with Gasteiger partial charge in [-0.1, -0.05) is 52.0 Å². The lowest BCUT2D eigenvalue weighted by Gasteiger charge is -2.31. The summed E-state index contributed by atoms with van der Waals surface area (Å²) >= 11 is 0. The number of amides is 2. The van der Waals surface area contributed by atoms with Gasteiger partial charge in [0.05, 0.1) is 62.0 Å². The van der Waals surface area contributed by atoms with Crippen molar-refractivity contribution in [1.29, 1.82) is 0 Å². The van der Waals surface area contributed by atoms with Gasteiger partial charge < -0.3 is 39.2 Å². The zero-order valence-corrected chi connectivity index (χ0v) is 30.1. The number of aliphatic imine (C=N–C) groups is 1. The maximum Gasteiger partial charge on any atom is 0.257 e. The van der Waals surface area contributed by atoms with Crippen molar-refractivity contribution in [3.05, 3.63) is 59.7 Å². The Labute approximate surface area is 294 Å². The molecule has 4 aliphatic heterocycles. The molecule has 2 amide bonds. The summed E-state index contributed by atoms with van der Waals surface area (Å²) in [4.78, 5) is 34.8. The molecule has 0 bridgehead atoms. The molecule has 0 radical (unpaired) electrons. The molecule has 2 fully saturated rings. The molecule has 2 N–H and O–H groups in total. The highest BCUT2D eigenvalue weighted by atomic mass is 16.5. The summed E-state index contributed by atoms with van der Waals surface area (Å²) < 4.78 is 23.9. The van der Waals surface area contributed by atoms with Gasteiger partial charge in [-0.3, -0.25) is 14.6 Å². The Morgan fingerprint density at radius 1 is 0.820 bits per heavy atom. The SMILES string of the molecule is C=C1CC2C=Nc3cc(OCC(C)(C)CCC(C)(C)CCOc4cc5c(cc4OC)C(=O)N4CC(=C)C[C@H]4[C@H](O)N5)c(OC)cc3C(=O)N2C1. The monoisotopic (exact) mass is 686 g/mol. The number of nitrogens with zero attached hydrogens (tertiary/aromatic N) is 3. The van der Waals surface area contributed by atoms with Crippen molar-refractivity contribution >= 4 is 29.4 Å². The maximum absolute atomic E-state index is 13.4. The molecule has 2 aromatic carbocycles. The Balaban J connectivity index is 1.05. The van der Waals surface area contributed by atoms with E-state index in [0.29, 0.717) is 78.2 Å². The first-order chi connectivity index (χ1) is 23.7. The summed E-state index contributed by atoms with van der Waals surface area (Å²) in [5.74, 6) is 1.81. The van der Waals surface area contributed by atoms with Crippen LogP contribution < -0.4 is 24.3 Å². The second-order valence-electron chi connectivity index (χ2n) is 15.6. The van der Waals surface area contributed by atoms with Gasteiger partial charge in [0, 0.05) is 31.4 Å². The number of aliphatic hydroxyl groups is 1. The van der Waals surface area contributed by atoms with Crippen LogP contribution >= 0.6 is 0 Å². The molecule has 0 saturated carbocycles. The second kappa shape index (κ2) is 13.7. The van der Waals surface area contributed by atoms with Crippen LogP contribution in [-0.4, -0.2) is 91.8 Å². The Morgan fingerprint density at radius 3 is 2.16 bits per heavy atom. The van der Waals surface area contributed by atoms with Gasteiger partial charge in [-0.05, 0) is 55.1 Å². The minimum Gasteiger partial charge on any atom is -0.493 e. The van der Waals surface area contributed by atoms with E-state index < -0.39 is 6.23 Å². The summed E-state index contributed by atoms with van der Waals surface area (Å²) in [5, 5.41) is 14.0. The van der Waals surface area contributed by atoms with E-state index in [-0.39, 0.29) is 34.7 Å². The number of carbonyl (C=O) groups is 2. The van der Waals surface area contributed by atoms with E-state index in [2.05, 4.69) is 51.2 Å². The van der Waals surface area contributed by atoms with Gasteiger partial charge in [-0.2, -0.15) is 0 Å². The number of hydrogen-bond donors (Lipinski definition) is 2. The molecule has 268 valence electrons. The smallest absolute Gasteiger partial charge is 0.257 e. The lowest BCUT2D eigenvalue weighted by molar-refractivity contribution is 0.0581. The molecular weight excluding hydrogens is 636 g/mol. The average Bonchev–Trinajstić information content (AvgIpc) is 3.61. The molecule has 6 rings (SSSR count). The van der Waals surface area contributed by atoms with Gasteiger partial charge in [0.15, 0.2) is 23.0 Å². The van der Waals surface area contributed by atoms with Crippen molar-refractivity contribution in [1.82, 2.24) is 9.80 Å². The van der Waals surface area contributed by atoms with Crippen LogP contribution in [0.25, 0.3) is 0 Å². The fraction of sp³-hybridized carbons (Fsp3) is 0.513. The van der Waals surface area contributed by atoms with Crippen molar-refractivity contribution in [3.63, 3.8) is 0 Å². The van der Waals surface area contributed by atoms with Crippen molar-refractivity contribution in [2.24, 2.45) is 15.8 Å². The normalized spacial score (nSPS) is 21.5. The van der Waals surface area contributed by atoms with E-state index in [9.17, 15) is 14.7 Å². The standard InChI is InChI=1S/C39H50N4O7/c1-23-13-25-19-40-28-17-34(32(48-8)15-26(28)36(45)42(25)20-23)50-22-39(5,6)10-9-38(3,4)11-12-49-33-18-29-27(16-31(33)47-7)37(46)43-21-24(2)14-30(43)35(44)41-29/h15-19,25,30,35,41,44H,1-2,9-14,20-22H2,3-8H3/t25?,30-,35-/m0/s1. The molecule has 3 atom stereocenters. The third-order valence-electron chi connectivity index (χ3n) is 10.3. The lowest BCUT2D eigenvalue weighted by atomic mass is 9.78. The van der Waals surface area contributed by atoms with Gasteiger partial charge in [0.25, 0.3) is 11.8 Å². The fourth-order valence-corrected chi connectivity index (χ4v) is 7.06. The minimum absolute atomic E-state index is 0.0384. The van der Waals surface area contributed by atoms with E-state index in [4.69, 9.17) is 18.9 Å². The Bertz CT molecular complexity index is 1730. The number of rotatable bonds is 12. The van der Waals surface area contributed by atoms with Crippen LogP contribution in [0.2, 0.25) is 0 Å². The number of hydrogen-bond acceptors (Lipinski definition) is 9. The van der Waals surface area contributed by atoms with Gasteiger partial charge >= 0.3 is 0 Å². The molecule has 4 heterocycles. The molecule has 0 aromatic heterocycles. The summed E-state index contributed by atoms with van der Waals surface area (Å²) in [5.41, 5.74) is 3.80. The number of carbonyl (C=O) groups excluding carboxylic acids is 2. The Hall–Kier alpha value is -4.51. The summed E-state index contributed by atoms with van der Waals surface area (Å²) in [7, 11) is 3.14. The van der Waals surface area contributed by atoms with Gasteiger partial charge in [0.2, 0.25) is 0 Å². The average molecular weight is 687 g/mol. The molecule has 0 aliphatic carbocycles. The lowest BCUT2D eigenvalue weighted by Crippen LogP contribution is -2.43. The molecule has 4 aliphatic rings. The third-order valence-corrected chi connectivity index (χ3v) is 10.3. The van der Waals surface area contributed by atoms with Crippen molar-refractivity contribution in [2.75, 3.05) is 45.8 Å². The largest absolute Gasteiger partial charge is 0.493 e. The van der Waals surface area contributed by atoms with Gasteiger partial charge in [0.1, 0.15) is 6.23 Å². The number of benzene rings is 2. The van der Waals surface area contributed by atoms with Crippen LogP contribution in [0, 0.1) is 10.8 Å². The summed E-state index contributed by atoms with van der Waals surface area (Å²) in [6, 6.07) is 6.54. The van der Waals surface area contributed by atoms with Gasteiger partial charge in [-0.25, -0.2) is 0 Å². The highest BCUT2D eigenvalue weighted by Crippen LogP contribution is 2.42. The molecule has 50 heavy (non-hydrogen) atoms. The third kappa shape index (κ3) is 7.19. The first-order valence-electron chi connectivity index (χ1n) is 17.3. The molecule has 1 unspecified atom stereocenters. The topological polar surface area (TPSA) is 122 Å². The highest BCUT2D eigenvalue weighted by molar-refractivity contribution is 6.04. The van der Waals surface area contributed by atoms with Crippen LogP contribution in [0.5, 0.6) is 23.0 Å². The van der Waals surface area contributed by atoms with E-state index >= 15 is 0 Å². The number of ether oxygens (including phenoxy) is 4. The first-order valence-corrected chi connectivity index (χ1v) is 17.3. The van der Waals surface area contributed by atoms with Crippen LogP contribution in [0.4, 0.5) is 11.4 Å². The fourth-order valence-electron chi connectivity index (χ4n) is 7.06. The molecule has 2 saturated heterocycles. The first kappa shape index (κ1) is 35.3. The van der Waals surface area contributed by atoms with Crippen LogP contribution in [-0.2, 0) is 0 Å². The Morgan fingerprint density at radius 2 is 1.44 bits per heavy atom. The summed E-state index contributed by atoms with van der Waals surface area (Å²) in [6.45, 7) is 18.8. The number of aliphatic hydroxyl groups excluding tert-OH is 1. The minimum atomic E-state index is -0.915. The van der Waals surface area contributed by atoms with E-state index in [1.54, 1.807) is 43.4 Å².